The van der Waals surface area contributed by atoms with E-state index >= 15 is 0 Å². The van der Waals surface area contributed by atoms with E-state index in [1.807, 2.05) is 22.9 Å². The molecule has 1 aliphatic rings. The molecule has 1 aliphatic heterocycles. The Morgan fingerprint density at radius 3 is 3.17 bits per heavy atom. The number of carbonyl (C=O) groups excluding carboxylic acids is 1. The van der Waals surface area contributed by atoms with Crippen LogP contribution in [0.15, 0.2) is 22.9 Å². The van der Waals surface area contributed by atoms with Gasteiger partial charge in [0, 0.05) is 31.3 Å². The molecule has 1 amide bonds. The third-order valence-electron chi connectivity index (χ3n) is 3.98. The van der Waals surface area contributed by atoms with Crippen LogP contribution in [0.25, 0.3) is 9.88 Å². The van der Waals surface area contributed by atoms with Crippen molar-refractivity contribution >= 4 is 28.6 Å². The molecular formula is C16H17N5OS2. The molecule has 4 heterocycles. The third kappa shape index (κ3) is 3.25. The lowest BCUT2D eigenvalue weighted by molar-refractivity contribution is -0.120. The lowest BCUT2D eigenvalue weighted by Gasteiger charge is -2.05. The summed E-state index contributed by atoms with van der Waals surface area (Å²) in [6.45, 7) is 1.58. The summed E-state index contributed by atoms with van der Waals surface area (Å²) in [5.74, 6) is 2.04. The zero-order chi connectivity index (χ0) is 16.4. The number of fused-ring (bicyclic) bond motifs is 1. The number of amides is 1. The molecule has 3 aromatic rings. The van der Waals surface area contributed by atoms with Crippen molar-refractivity contribution in [3.8, 4) is 9.88 Å². The van der Waals surface area contributed by atoms with E-state index in [1.54, 1.807) is 22.7 Å². The van der Waals surface area contributed by atoms with Gasteiger partial charge in [0.25, 0.3) is 0 Å². The van der Waals surface area contributed by atoms with E-state index in [0.29, 0.717) is 13.0 Å². The van der Waals surface area contributed by atoms with Gasteiger partial charge >= 0.3 is 0 Å². The average Bonchev–Trinajstić information content (AvgIpc) is 3.33. The van der Waals surface area contributed by atoms with Gasteiger partial charge in [-0.05, 0) is 17.9 Å². The van der Waals surface area contributed by atoms with E-state index in [2.05, 4.69) is 25.1 Å². The maximum absolute atomic E-state index is 12.1. The van der Waals surface area contributed by atoms with Crippen LogP contribution in [0.2, 0.25) is 0 Å². The van der Waals surface area contributed by atoms with Crippen molar-refractivity contribution in [2.24, 2.45) is 0 Å². The van der Waals surface area contributed by atoms with Crippen LogP contribution in [0.1, 0.15) is 23.8 Å². The number of carbonyl (C=O) groups is 1. The first kappa shape index (κ1) is 15.5. The van der Waals surface area contributed by atoms with E-state index in [0.717, 1.165) is 53.0 Å². The predicted octanol–water partition coefficient (Wildman–Crippen LogP) is 2.31. The van der Waals surface area contributed by atoms with Gasteiger partial charge in [-0.1, -0.05) is 6.07 Å². The number of aromatic nitrogens is 4. The van der Waals surface area contributed by atoms with Gasteiger partial charge in [0.1, 0.15) is 16.7 Å². The van der Waals surface area contributed by atoms with Crippen molar-refractivity contribution in [2.45, 2.75) is 32.2 Å². The van der Waals surface area contributed by atoms with Crippen molar-refractivity contribution in [2.75, 3.05) is 6.54 Å². The molecule has 0 aliphatic carbocycles. The zero-order valence-electron chi connectivity index (χ0n) is 13.1. The predicted molar refractivity (Wildman–Crippen MR) is 94.2 cm³/mol. The lowest BCUT2D eigenvalue weighted by Crippen LogP contribution is -2.28. The molecule has 0 bridgehead atoms. The fourth-order valence-electron chi connectivity index (χ4n) is 2.84. The second kappa shape index (κ2) is 6.82. The number of thiazole rings is 1. The Balaban J connectivity index is 1.28. The number of hydrogen-bond acceptors (Lipinski definition) is 6. The van der Waals surface area contributed by atoms with Gasteiger partial charge in [0.05, 0.1) is 17.0 Å². The monoisotopic (exact) mass is 359 g/mol. The van der Waals surface area contributed by atoms with Gasteiger partial charge in [-0.3, -0.25) is 4.79 Å². The summed E-state index contributed by atoms with van der Waals surface area (Å²) < 4.78 is 2.17. The number of rotatable bonds is 6. The van der Waals surface area contributed by atoms with Crippen molar-refractivity contribution in [1.29, 1.82) is 0 Å². The highest BCUT2D eigenvalue weighted by molar-refractivity contribution is 7.20. The molecule has 0 radical (unpaired) electrons. The van der Waals surface area contributed by atoms with Crippen LogP contribution in [0.3, 0.4) is 0 Å². The molecule has 4 rings (SSSR count). The zero-order valence-corrected chi connectivity index (χ0v) is 14.7. The standard InChI is InChI=1S/C16H17N5OS2/c22-15(9-11-10-24-16(18-11)12-3-2-8-23-12)17-6-5-14-20-19-13-4-1-7-21(13)14/h2-3,8,10H,1,4-7,9H2,(H,17,22). The van der Waals surface area contributed by atoms with Crippen LogP contribution in [-0.4, -0.2) is 32.2 Å². The molecule has 6 nitrogen and oxygen atoms in total. The highest BCUT2D eigenvalue weighted by Crippen LogP contribution is 2.27. The Bertz CT molecular complexity index is 837. The summed E-state index contributed by atoms with van der Waals surface area (Å²) in [4.78, 5) is 17.8. The molecule has 1 N–H and O–H groups in total. The minimum atomic E-state index is -0.000750. The minimum Gasteiger partial charge on any atom is -0.355 e. The molecule has 0 aromatic carbocycles. The highest BCUT2D eigenvalue weighted by atomic mass is 32.1. The number of hydrogen-bond donors (Lipinski definition) is 1. The average molecular weight is 359 g/mol. The van der Waals surface area contributed by atoms with Crippen molar-refractivity contribution < 1.29 is 4.79 Å². The second-order valence-corrected chi connectivity index (χ2v) is 7.49. The van der Waals surface area contributed by atoms with Gasteiger partial charge in [0.2, 0.25) is 5.91 Å². The number of nitrogens with zero attached hydrogens (tertiary/aromatic N) is 4. The molecule has 0 spiro atoms. The molecule has 24 heavy (non-hydrogen) atoms. The smallest absolute Gasteiger partial charge is 0.226 e. The topological polar surface area (TPSA) is 72.7 Å². The Kier molecular flexibility index (Phi) is 4.40. The maximum atomic E-state index is 12.1. The van der Waals surface area contributed by atoms with Crippen LogP contribution in [0.4, 0.5) is 0 Å². The van der Waals surface area contributed by atoms with Crippen LogP contribution in [0, 0.1) is 0 Å². The van der Waals surface area contributed by atoms with Crippen LogP contribution >= 0.6 is 22.7 Å². The molecule has 0 saturated carbocycles. The van der Waals surface area contributed by atoms with Crippen LogP contribution in [-0.2, 0) is 30.6 Å². The molecule has 124 valence electrons. The first-order valence-electron chi connectivity index (χ1n) is 7.95. The van der Waals surface area contributed by atoms with E-state index < -0.39 is 0 Å². The first-order valence-corrected chi connectivity index (χ1v) is 9.71. The Hall–Kier alpha value is -2.06. The van der Waals surface area contributed by atoms with E-state index in [9.17, 15) is 4.79 Å². The van der Waals surface area contributed by atoms with Gasteiger partial charge in [-0.25, -0.2) is 4.98 Å². The summed E-state index contributed by atoms with van der Waals surface area (Å²) in [5, 5.41) is 16.3. The van der Waals surface area contributed by atoms with Crippen molar-refractivity contribution in [3.05, 3.63) is 40.2 Å². The van der Waals surface area contributed by atoms with Crippen LogP contribution < -0.4 is 5.32 Å². The summed E-state index contributed by atoms with van der Waals surface area (Å²) in [6, 6.07) is 4.05. The second-order valence-electron chi connectivity index (χ2n) is 5.69. The van der Waals surface area contributed by atoms with Gasteiger partial charge in [0.15, 0.2) is 0 Å². The van der Waals surface area contributed by atoms with E-state index in [-0.39, 0.29) is 5.91 Å². The lowest BCUT2D eigenvalue weighted by atomic mass is 10.3. The Morgan fingerprint density at radius 1 is 1.33 bits per heavy atom. The largest absolute Gasteiger partial charge is 0.355 e. The van der Waals surface area contributed by atoms with Gasteiger partial charge in [-0.2, -0.15) is 0 Å². The normalized spacial score (nSPS) is 13.2. The summed E-state index contributed by atoms with van der Waals surface area (Å²) in [7, 11) is 0. The Morgan fingerprint density at radius 2 is 2.29 bits per heavy atom. The van der Waals surface area contributed by atoms with E-state index in [4.69, 9.17) is 0 Å². The fourth-order valence-corrected chi connectivity index (χ4v) is 4.47. The summed E-state index contributed by atoms with van der Waals surface area (Å²) in [5.41, 5.74) is 0.823. The highest BCUT2D eigenvalue weighted by Gasteiger charge is 2.17. The fraction of sp³-hybridized carbons (Fsp3) is 0.375. The quantitative estimate of drug-likeness (QED) is 0.733. The van der Waals surface area contributed by atoms with Crippen LogP contribution in [0.5, 0.6) is 0 Å². The Labute approximate surface area is 147 Å². The number of thiophene rings is 1. The van der Waals surface area contributed by atoms with Crippen molar-refractivity contribution in [3.63, 3.8) is 0 Å². The molecule has 0 unspecified atom stereocenters. The van der Waals surface area contributed by atoms with Crippen molar-refractivity contribution in [1.82, 2.24) is 25.1 Å². The molecular weight excluding hydrogens is 342 g/mol. The van der Waals surface area contributed by atoms with Gasteiger partial charge < -0.3 is 9.88 Å². The molecule has 8 heteroatoms. The minimum absolute atomic E-state index is 0.000750. The van der Waals surface area contributed by atoms with Gasteiger partial charge in [-0.15, -0.1) is 32.9 Å². The number of nitrogens with one attached hydrogen (secondary N) is 1. The third-order valence-corrected chi connectivity index (χ3v) is 5.91. The first-order chi connectivity index (χ1) is 11.8. The molecule has 3 aromatic heterocycles. The maximum Gasteiger partial charge on any atom is 0.226 e. The molecule has 0 saturated heterocycles. The SMILES string of the molecule is O=C(Cc1csc(-c2cccs2)n1)NCCc1nnc2n1CCC2. The molecule has 0 atom stereocenters. The number of aryl methyl sites for hydroxylation is 1. The molecule has 0 fully saturated rings. The summed E-state index contributed by atoms with van der Waals surface area (Å²) in [6.07, 6.45) is 3.19. The van der Waals surface area contributed by atoms with E-state index in [1.165, 1.54) is 0 Å². The summed E-state index contributed by atoms with van der Waals surface area (Å²) >= 11 is 3.24.